The smallest absolute Gasteiger partial charge is 0.0620 e. The molecule has 0 aliphatic carbocycles. The highest BCUT2D eigenvalue weighted by molar-refractivity contribution is 7.91. The molecule has 8 aromatic rings. The van der Waals surface area contributed by atoms with Crippen molar-refractivity contribution in [1.82, 2.24) is 0 Å². The zero-order valence-corrected chi connectivity index (χ0v) is 45.2. The first kappa shape index (κ1) is 50.4. The molecule has 1 heterocycles. The first-order chi connectivity index (χ1) is 34.7. The van der Waals surface area contributed by atoms with Crippen LogP contribution in [0.15, 0.2) is 243 Å². The Morgan fingerprint density at radius 1 is 0.143 bits per heavy atom. The van der Waals surface area contributed by atoms with Crippen LogP contribution in [0.2, 0.25) is 0 Å². The maximum atomic E-state index is 2.49. The molecule has 0 amide bonds. The van der Waals surface area contributed by atoms with Crippen molar-refractivity contribution in [2.24, 2.45) is 0 Å². The van der Waals surface area contributed by atoms with Crippen molar-refractivity contribution < 1.29 is 0 Å². The highest BCUT2D eigenvalue weighted by Gasteiger charge is 2.48. The molecule has 0 bridgehead atoms. The highest BCUT2D eigenvalue weighted by Crippen LogP contribution is 2.64. The Morgan fingerprint density at radius 3 is 0.414 bits per heavy atom. The number of hydrogen-bond acceptors (Lipinski definition) is 0. The third-order valence-electron chi connectivity index (χ3n) is 15.8. The molecule has 1 fully saturated rings. The molecule has 1 saturated heterocycles. The standard InChI is InChI=1S/C66H76P4/c1-2-30-52-68(61-39-17-7-18-40-61,62-41-19-8-20-42-62)56-34-58-70(65-47-25-11-26-48-65,66-49-27-12-28-50-66)54-32-4-3-31-53-69(63-43-21-9-22-44-63,64-45-23-10-24-46-64)57-33-55-67(51-29-1,59-35-13-5-14-36-59)60-37-15-6-16-38-60/h5-28,35-50H,1-4,29-34,51-58H2/q+4. The van der Waals surface area contributed by atoms with Gasteiger partial charge in [-0.15, -0.1) is 0 Å². The fraction of sp³-hybridized carbons (Fsp3) is 0.273. The summed E-state index contributed by atoms with van der Waals surface area (Å²) in [6, 6.07) is 94.7. The molecule has 356 valence electrons. The lowest BCUT2D eigenvalue weighted by atomic mass is 10.2. The molecule has 4 heteroatoms. The van der Waals surface area contributed by atoms with Crippen molar-refractivity contribution >= 4 is 71.5 Å². The van der Waals surface area contributed by atoms with E-state index in [2.05, 4.69) is 243 Å². The second-order valence-electron chi connectivity index (χ2n) is 19.9. The lowest BCUT2D eigenvalue weighted by molar-refractivity contribution is 0.704. The van der Waals surface area contributed by atoms with Gasteiger partial charge in [0.25, 0.3) is 0 Å². The monoisotopic (exact) mass is 992 g/mol. The van der Waals surface area contributed by atoms with E-state index in [4.69, 9.17) is 0 Å². The van der Waals surface area contributed by atoms with E-state index in [1.165, 1.54) is 114 Å². The van der Waals surface area contributed by atoms with Crippen molar-refractivity contribution in [3.8, 4) is 0 Å². The van der Waals surface area contributed by atoms with Crippen LogP contribution < -0.4 is 42.4 Å². The molecular weight excluding hydrogens is 917 g/mol. The number of benzene rings is 8. The van der Waals surface area contributed by atoms with Gasteiger partial charge in [0.15, 0.2) is 0 Å². The van der Waals surface area contributed by atoms with Crippen molar-refractivity contribution in [1.29, 1.82) is 0 Å². The predicted molar refractivity (Wildman–Crippen MR) is 321 cm³/mol. The third kappa shape index (κ3) is 11.7. The van der Waals surface area contributed by atoms with Gasteiger partial charge in [-0.05, 0) is 148 Å². The molecule has 0 atom stereocenters. The summed E-state index contributed by atoms with van der Waals surface area (Å²) in [7, 11) is -6.90. The van der Waals surface area contributed by atoms with Crippen molar-refractivity contribution in [2.75, 3.05) is 49.3 Å². The van der Waals surface area contributed by atoms with Crippen molar-refractivity contribution in [3.05, 3.63) is 243 Å². The van der Waals surface area contributed by atoms with Gasteiger partial charge >= 0.3 is 0 Å². The molecular formula is C66H76P4+4. The Hall–Kier alpha value is -4.52. The van der Waals surface area contributed by atoms with Gasteiger partial charge in [-0.1, -0.05) is 146 Å². The first-order valence-corrected chi connectivity index (χ1v) is 35.2. The number of hydrogen-bond donors (Lipinski definition) is 0. The molecule has 0 spiro atoms. The van der Waals surface area contributed by atoms with Gasteiger partial charge in [0.2, 0.25) is 0 Å². The van der Waals surface area contributed by atoms with Crippen LogP contribution in [-0.2, 0) is 0 Å². The molecule has 8 aromatic carbocycles. The Morgan fingerprint density at radius 2 is 0.271 bits per heavy atom. The third-order valence-corrected chi connectivity index (χ3v) is 34.8. The van der Waals surface area contributed by atoms with Crippen LogP contribution in [0, 0.1) is 0 Å². The molecule has 0 unspecified atom stereocenters. The second kappa shape index (κ2) is 25.2. The average molecular weight is 993 g/mol. The topological polar surface area (TPSA) is 0 Å². The predicted octanol–water partition coefficient (Wildman–Crippen LogP) is 14.6. The summed E-state index contributed by atoms with van der Waals surface area (Å²) in [4.78, 5) is 0. The fourth-order valence-electron chi connectivity index (χ4n) is 12.3. The van der Waals surface area contributed by atoms with Gasteiger partial charge in [0.05, 0.1) is 121 Å². The summed E-state index contributed by atoms with van der Waals surface area (Å²) < 4.78 is 0. The van der Waals surface area contributed by atoms with Crippen molar-refractivity contribution in [2.45, 2.75) is 64.2 Å². The fourth-order valence-corrected chi connectivity index (χ4v) is 30.8. The summed E-state index contributed by atoms with van der Waals surface area (Å²) in [6.07, 6.45) is 22.9. The van der Waals surface area contributed by atoms with Gasteiger partial charge < -0.3 is 0 Å². The lowest BCUT2D eigenvalue weighted by Crippen LogP contribution is -2.31. The summed E-state index contributed by atoms with van der Waals surface area (Å²) >= 11 is 0. The second-order valence-corrected chi connectivity index (χ2v) is 35.3. The van der Waals surface area contributed by atoms with Crippen LogP contribution >= 0.6 is 29.0 Å². The summed E-state index contributed by atoms with van der Waals surface area (Å²) in [6.45, 7) is 0. The number of rotatable bonds is 8. The van der Waals surface area contributed by atoms with E-state index in [0.29, 0.717) is 0 Å². The van der Waals surface area contributed by atoms with E-state index in [1.807, 2.05) is 0 Å². The minimum atomic E-state index is -1.73. The van der Waals surface area contributed by atoms with Gasteiger partial charge in [0, 0.05) is 12.8 Å². The van der Waals surface area contributed by atoms with Crippen LogP contribution in [0.4, 0.5) is 0 Å². The van der Waals surface area contributed by atoms with Crippen LogP contribution in [-0.4, -0.2) is 49.3 Å². The maximum Gasteiger partial charge on any atom is 0.0991 e. The molecule has 1 aliphatic rings. The largest absolute Gasteiger partial charge is 0.0991 e. The Bertz CT molecular complexity index is 2160. The van der Waals surface area contributed by atoms with Gasteiger partial charge in [0.1, 0.15) is 0 Å². The quantitative estimate of drug-likeness (QED) is 0.133. The van der Waals surface area contributed by atoms with E-state index in [1.54, 1.807) is 42.4 Å². The summed E-state index contributed by atoms with van der Waals surface area (Å²) in [5, 5.41) is 12.8. The van der Waals surface area contributed by atoms with E-state index in [9.17, 15) is 0 Å². The van der Waals surface area contributed by atoms with Crippen LogP contribution in [0.5, 0.6) is 0 Å². The zero-order valence-electron chi connectivity index (χ0n) is 41.6. The molecule has 0 N–H and O–H groups in total. The highest BCUT2D eigenvalue weighted by atomic mass is 31.2. The van der Waals surface area contributed by atoms with E-state index >= 15 is 0 Å². The van der Waals surface area contributed by atoms with E-state index in [0.717, 1.165) is 0 Å². The lowest BCUT2D eigenvalue weighted by Gasteiger charge is -2.32. The molecule has 0 nitrogen and oxygen atoms in total. The minimum Gasteiger partial charge on any atom is -0.0620 e. The van der Waals surface area contributed by atoms with Crippen LogP contribution in [0.1, 0.15) is 64.2 Å². The average Bonchev–Trinajstić information content (AvgIpc) is 3.44. The molecule has 9 rings (SSSR count). The first-order valence-electron chi connectivity index (χ1n) is 26.6. The molecule has 0 radical (unpaired) electrons. The Kier molecular flexibility index (Phi) is 18.2. The Balaban J connectivity index is 1.10. The molecule has 1 aliphatic heterocycles. The minimum absolute atomic E-state index is 1.25. The van der Waals surface area contributed by atoms with Crippen molar-refractivity contribution in [3.63, 3.8) is 0 Å². The van der Waals surface area contributed by atoms with Crippen LogP contribution in [0.25, 0.3) is 0 Å². The van der Waals surface area contributed by atoms with E-state index < -0.39 is 29.0 Å². The Labute approximate surface area is 425 Å². The molecule has 70 heavy (non-hydrogen) atoms. The van der Waals surface area contributed by atoms with Gasteiger partial charge in [-0.2, -0.15) is 0 Å². The van der Waals surface area contributed by atoms with Gasteiger partial charge in [-0.25, -0.2) is 0 Å². The molecule has 0 saturated carbocycles. The normalized spacial score (nSPS) is 18.3. The maximum absolute atomic E-state index is 2.49. The van der Waals surface area contributed by atoms with E-state index in [-0.39, 0.29) is 0 Å². The molecule has 0 aromatic heterocycles. The SMILES string of the molecule is c1ccc([P+]2(c3ccccc3)CCCCCC[P+](c3ccccc3)(c3ccccc3)CCC[P+](c3ccccc3)(c3ccccc3)CCCCCC[P+](c3ccccc3)(c3ccccc3)CCC2)cc1. The van der Waals surface area contributed by atoms with Crippen LogP contribution in [0.3, 0.4) is 0 Å². The summed E-state index contributed by atoms with van der Waals surface area (Å²) in [5.41, 5.74) is 0. The summed E-state index contributed by atoms with van der Waals surface area (Å²) in [5.74, 6) is 0. The van der Waals surface area contributed by atoms with Gasteiger partial charge in [-0.3, -0.25) is 0 Å². The zero-order chi connectivity index (χ0) is 47.6.